The second kappa shape index (κ2) is 11.2. The van der Waals surface area contributed by atoms with Crippen molar-refractivity contribution in [1.29, 1.82) is 5.26 Å². The molecule has 2 heterocycles. The summed E-state index contributed by atoms with van der Waals surface area (Å²) in [6.07, 6.45) is 3.36. The topological polar surface area (TPSA) is 97.1 Å². The van der Waals surface area contributed by atoms with Crippen LogP contribution in [-0.4, -0.2) is 29.6 Å². The first-order chi connectivity index (χ1) is 16.6. The number of thiazole rings is 2. The summed E-state index contributed by atoms with van der Waals surface area (Å²) < 4.78 is 12.2. The van der Waals surface area contributed by atoms with Gasteiger partial charge in [-0.2, -0.15) is 5.26 Å². The highest BCUT2D eigenvalue weighted by Crippen LogP contribution is 2.31. The van der Waals surface area contributed by atoms with Gasteiger partial charge in [-0.15, -0.1) is 22.7 Å². The first-order valence-electron chi connectivity index (χ1n) is 9.89. The molecule has 34 heavy (non-hydrogen) atoms. The first kappa shape index (κ1) is 23.9. The molecule has 10 heteroatoms. The van der Waals surface area contributed by atoms with E-state index < -0.39 is 0 Å². The predicted octanol–water partition coefficient (Wildman–Crippen LogP) is 5.96. The smallest absolute Gasteiger partial charge is 0.264 e. The maximum atomic E-state index is 12.1. The molecule has 1 amide bonds. The van der Waals surface area contributed by atoms with Crippen molar-refractivity contribution in [1.82, 2.24) is 9.97 Å². The van der Waals surface area contributed by atoms with Crippen LogP contribution in [-0.2, 0) is 4.79 Å². The van der Waals surface area contributed by atoms with E-state index in [1.165, 1.54) is 29.8 Å². The molecular formula is C24H17IN4O3S2. The van der Waals surface area contributed by atoms with Gasteiger partial charge in [0.25, 0.3) is 5.91 Å². The van der Waals surface area contributed by atoms with E-state index in [1.54, 1.807) is 35.9 Å². The Kier molecular flexibility index (Phi) is 7.89. The molecule has 0 spiro atoms. The number of methoxy groups -OCH3 is 1. The van der Waals surface area contributed by atoms with E-state index in [1.807, 2.05) is 29.6 Å². The Balaban J connectivity index is 1.48. The Hall–Kier alpha value is -3.27. The molecule has 0 aliphatic heterocycles. The quantitative estimate of drug-likeness (QED) is 0.198. The average Bonchev–Trinajstić information content (AvgIpc) is 3.54. The number of hydrogen-bond donors (Lipinski definition) is 1. The third kappa shape index (κ3) is 5.99. The van der Waals surface area contributed by atoms with Crippen LogP contribution in [0.25, 0.3) is 22.9 Å². The number of aromatic nitrogens is 2. The number of nitrogens with zero attached hydrogens (tertiary/aromatic N) is 3. The van der Waals surface area contributed by atoms with Crippen molar-refractivity contribution in [2.75, 3.05) is 19.0 Å². The van der Waals surface area contributed by atoms with E-state index in [4.69, 9.17) is 9.47 Å². The van der Waals surface area contributed by atoms with Gasteiger partial charge in [-0.05, 0) is 58.5 Å². The lowest BCUT2D eigenvalue weighted by Gasteiger charge is -2.11. The first-order valence-corrected chi connectivity index (χ1v) is 12.7. The van der Waals surface area contributed by atoms with Crippen LogP contribution in [0, 0.1) is 14.9 Å². The normalized spacial score (nSPS) is 11.0. The SMILES string of the molecule is COc1cc(/C=C(\C#N)c2nc(-c3ccc(I)cc3)cs2)ccc1OCC(=O)Nc1nccs1. The molecule has 4 aromatic rings. The highest BCUT2D eigenvalue weighted by Gasteiger charge is 2.12. The van der Waals surface area contributed by atoms with Crippen LogP contribution in [0.1, 0.15) is 10.6 Å². The molecule has 2 aromatic carbocycles. The number of ether oxygens (including phenoxy) is 2. The van der Waals surface area contributed by atoms with Crippen LogP contribution < -0.4 is 14.8 Å². The number of benzene rings is 2. The standard InChI is InChI=1S/C24H17IN4O3S2/c1-31-21-11-15(2-7-20(21)32-13-22(30)29-24-27-8-9-33-24)10-17(12-26)23-28-19(14-34-23)16-3-5-18(25)6-4-16/h2-11,14H,13H2,1H3,(H,27,29,30)/b17-10+. The largest absolute Gasteiger partial charge is 0.493 e. The van der Waals surface area contributed by atoms with Gasteiger partial charge in [-0.25, -0.2) is 9.97 Å². The molecule has 0 saturated carbocycles. The molecule has 0 bridgehead atoms. The number of nitrogens with one attached hydrogen (secondary N) is 1. The molecule has 2 aromatic heterocycles. The minimum Gasteiger partial charge on any atom is -0.493 e. The summed E-state index contributed by atoms with van der Waals surface area (Å²) in [7, 11) is 1.52. The van der Waals surface area contributed by atoms with E-state index in [9.17, 15) is 10.1 Å². The molecule has 7 nitrogen and oxygen atoms in total. The Morgan fingerprint density at radius 2 is 2.03 bits per heavy atom. The van der Waals surface area contributed by atoms with Crippen molar-refractivity contribution in [3.63, 3.8) is 0 Å². The highest BCUT2D eigenvalue weighted by molar-refractivity contribution is 14.1. The van der Waals surface area contributed by atoms with Gasteiger partial charge in [0.15, 0.2) is 23.2 Å². The van der Waals surface area contributed by atoms with Gasteiger partial charge in [-0.3, -0.25) is 10.1 Å². The zero-order chi connectivity index (χ0) is 23.9. The van der Waals surface area contributed by atoms with Crippen LogP contribution >= 0.6 is 45.3 Å². The third-order valence-electron chi connectivity index (χ3n) is 4.53. The lowest BCUT2D eigenvalue weighted by Crippen LogP contribution is -2.20. The maximum Gasteiger partial charge on any atom is 0.264 e. The van der Waals surface area contributed by atoms with E-state index in [2.05, 4.69) is 43.9 Å². The molecule has 4 rings (SSSR count). The number of nitriles is 1. The number of amides is 1. The number of carbonyl (C=O) groups excluding carboxylic acids is 1. The van der Waals surface area contributed by atoms with Crippen molar-refractivity contribution < 1.29 is 14.3 Å². The van der Waals surface area contributed by atoms with Crippen LogP contribution in [0.5, 0.6) is 11.5 Å². The zero-order valence-corrected chi connectivity index (χ0v) is 21.6. The fourth-order valence-corrected chi connectivity index (χ4v) is 4.64. The Bertz CT molecular complexity index is 1360. The summed E-state index contributed by atoms with van der Waals surface area (Å²) in [5, 5.41) is 17.3. The number of anilines is 1. The van der Waals surface area contributed by atoms with E-state index >= 15 is 0 Å². The van der Waals surface area contributed by atoms with Gasteiger partial charge < -0.3 is 9.47 Å². The minimum absolute atomic E-state index is 0.186. The molecule has 0 atom stereocenters. The maximum absolute atomic E-state index is 12.1. The van der Waals surface area contributed by atoms with Crippen LogP contribution in [0.2, 0.25) is 0 Å². The average molecular weight is 600 g/mol. The summed E-state index contributed by atoms with van der Waals surface area (Å²) in [6, 6.07) is 15.5. The van der Waals surface area contributed by atoms with Gasteiger partial charge in [0.2, 0.25) is 0 Å². The molecule has 0 saturated heterocycles. The van der Waals surface area contributed by atoms with Crippen molar-refractivity contribution in [2.45, 2.75) is 0 Å². The van der Waals surface area contributed by atoms with E-state index in [-0.39, 0.29) is 12.5 Å². The number of allylic oxidation sites excluding steroid dienone is 1. The highest BCUT2D eigenvalue weighted by atomic mass is 127. The van der Waals surface area contributed by atoms with Gasteiger partial charge in [0.05, 0.1) is 18.4 Å². The number of halogens is 1. The summed E-state index contributed by atoms with van der Waals surface area (Å²) in [4.78, 5) is 20.7. The Morgan fingerprint density at radius 1 is 1.21 bits per heavy atom. The summed E-state index contributed by atoms with van der Waals surface area (Å²) in [5.74, 6) is 0.551. The van der Waals surface area contributed by atoms with Crippen LogP contribution in [0.15, 0.2) is 59.4 Å². The molecule has 0 aliphatic carbocycles. The summed E-state index contributed by atoms with van der Waals surface area (Å²) in [5.41, 5.74) is 3.02. The monoisotopic (exact) mass is 600 g/mol. The molecule has 170 valence electrons. The van der Waals surface area contributed by atoms with Crippen molar-refractivity contribution in [3.05, 3.63) is 73.6 Å². The van der Waals surface area contributed by atoms with Crippen LogP contribution in [0.3, 0.4) is 0 Å². The van der Waals surface area contributed by atoms with Crippen LogP contribution in [0.4, 0.5) is 5.13 Å². The van der Waals surface area contributed by atoms with Gasteiger partial charge in [-0.1, -0.05) is 18.2 Å². The van der Waals surface area contributed by atoms with Gasteiger partial charge in [0.1, 0.15) is 11.1 Å². The lowest BCUT2D eigenvalue weighted by molar-refractivity contribution is -0.118. The van der Waals surface area contributed by atoms with E-state index in [0.29, 0.717) is 27.2 Å². The Morgan fingerprint density at radius 3 is 2.74 bits per heavy atom. The molecule has 0 radical (unpaired) electrons. The Labute approximate surface area is 217 Å². The van der Waals surface area contributed by atoms with Crippen molar-refractivity contribution >= 4 is 68.0 Å². The summed E-state index contributed by atoms with van der Waals surface area (Å²) >= 11 is 5.01. The molecular weight excluding hydrogens is 583 g/mol. The minimum atomic E-state index is -0.319. The van der Waals surface area contributed by atoms with E-state index in [0.717, 1.165) is 20.4 Å². The predicted molar refractivity (Wildman–Crippen MR) is 143 cm³/mol. The molecule has 0 aliphatic rings. The third-order valence-corrected chi connectivity index (χ3v) is 6.81. The lowest BCUT2D eigenvalue weighted by atomic mass is 10.1. The van der Waals surface area contributed by atoms with Crippen molar-refractivity contribution in [2.24, 2.45) is 0 Å². The van der Waals surface area contributed by atoms with Crippen molar-refractivity contribution in [3.8, 4) is 28.8 Å². The van der Waals surface area contributed by atoms with Gasteiger partial charge >= 0.3 is 0 Å². The van der Waals surface area contributed by atoms with Gasteiger partial charge in [0, 0.05) is 26.1 Å². The fraction of sp³-hybridized carbons (Fsp3) is 0.0833. The molecule has 0 fully saturated rings. The number of rotatable bonds is 8. The molecule has 0 unspecified atom stereocenters. The number of carbonyl (C=O) groups is 1. The zero-order valence-electron chi connectivity index (χ0n) is 17.8. The summed E-state index contributed by atoms with van der Waals surface area (Å²) in [6.45, 7) is -0.186. The second-order valence-electron chi connectivity index (χ2n) is 6.80. The fourth-order valence-electron chi connectivity index (χ4n) is 2.94. The second-order valence-corrected chi connectivity index (χ2v) is 9.80. The molecule has 1 N–H and O–H groups in total. The number of hydrogen-bond acceptors (Lipinski definition) is 8.